The first-order chi connectivity index (χ1) is 15.8. The largest absolute Gasteiger partial charge is 0.461 e. The molecule has 4 rings (SSSR count). The highest BCUT2D eigenvalue weighted by Gasteiger charge is 2.09. The third-order valence-corrected chi connectivity index (χ3v) is 4.74. The van der Waals surface area contributed by atoms with Gasteiger partial charge in [-0.05, 0) is 29.2 Å². The van der Waals surface area contributed by atoms with Gasteiger partial charge in [0.15, 0.2) is 5.82 Å². The number of nitrogens with zero attached hydrogens (tertiary/aromatic N) is 3. The number of rotatable bonds is 7. The van der Waals surface area contributed by atoms with Gasteiger partial charge in [0.1, 0.15) is 17.8 Å². The monoisotopic (exact) mass is 422 g/mol. The molecule has 0 aliphatic heterocycles. The molecular formula is C26H22N4O2. The van der Waals surface area contributed by atoms with E-state index in [1.165, 1.54) is 0 Å². The van der Waals surface area contributed by atoms with E-state index in [1.807, 2.05) is 72.8 Å². The number of carbonyl (C=O) groups excluding carboxylic acids is 1. The van der Waals surface area contributed by atoms with Crippen molar-refractivity contribution in [3.63, 3.8) is 0 Å². The highest BCUT2D eigenvalue weighted by atomic mass is 16.5. The van der Waals surface area contributed by atoms with Gasteiger partial charge in [-0.3, -0.25) is 9.78 Å². The van der Waals surface area contributed by atoms with E-state index >= 15 is 0 Å². The van der Waals surface area contributed by atoms with Crippen LogP contribution in [-0.2, 0) is 22.7 Å². The molecule has 2 aromatic heterocycles. The van der Waals surface area contributed by atoms with Crippen molar-refractivity contribution in [2.24, 2.45) is 0 Å². The molecule has 0 amide bonds. The molecular weight excluding hydrogens is 400 g/mol. The first kappa shape index (κ1) is 21.0. The molecule has 4 aromatic rings. The highest BCUT2D eigenvalue weighted by Crippen LogP contribution is 2.20. The number of aromatic nitrogens is 3. The first-order valence-electron chi connectivity index (χ1n) is 10.4. The quantitative estimate of drug-likeness (QED) is 0.349. The van der Waals surface area contributed by atoms with Gasteiger partial charge in [0, 0.05) is 24.5 Å². The molecule has 6 heteroatoms. The molecule has 1 N–H and O–H groups in total. The number of fused-ring (bicyclic) bond motifs is 1. The summed E-state index contributed by atoms with van der Waals surface area (Å²) in [6.45, 7) is 0.893. The summed E-state index contributed by atoms with van der Waals surface area (Å²) in [5.41, 5.74) is 3.35. The summed E-state index contributed by atoms with van der Waals surface area (Å²) in [5.74, 6) is 6.35. The Kier molecular flexibility index (Phi) is 7.02. The summed E-state index contributed by atoms with van der Waals surface area (Å²) in [7, 11) is 0. The van der Waals surface area contributed by atoms with Gasteiger partial charge in [0.2, 0.25) is 0 Å². The van der Waals surface area contributed by atoms with Crippen molar-refractivity contribution >= 4 is 22.7 Å². The van der Waals surface area contributed by atoms with Gasteiger partial charge in [-0.25, -0.2) is 0 Å². The maximum atomic E-state index is 11.9. The fraction of sp³-hybridized carbons (Fsp3) is 0.154. The van der Waals surface area contributed by atoms with Gasteiger partial charge in [0.25, 0.3) is 0 Å². The van der Waals surface area contributed by atoms with E-state index in [4.69, 9.17) is 4.74 Å². The Balaban J connectivity index is 1.37. The molecule has 0 fully saturated rings. The van der Waals surface area contributed by atoms with Crippen LogP contribution in [0.5, 0.6) is 0 Å². The Labute approximate surface area is 186 Å². The van der Waals surface area contributed by atoms with Gasteiger partial charge >= 0.3 is 5.97 Å². The van der Waals surface area contributed by atoms with Crippen LogP contribution < -0.4 is 5.32 Å². The molecule has 0 unspecified atom stereocenters. The maximum Gasteiger partial charge on any atom is 0.307 e. The van der Waals surface area contributed by atoms with Crippen LogP contribution in [0.4, 0.5) is 5.82 Å². The van der Waals surface area contributed by atoms with Crippen molar-refractivity contribution in [2.45, 2.75) is 26.0 Å². The van der Waals surface area contributed by atoms with Crippen LogP contribution in [0.3, 0.4) is 0 Å². The normalized spacial score (nSPS) is 10.2. The minimum atomic E-state index is -0.277. The average Bonchev–Trinajstić information content (AvgIpc) is 2.86. The smallest absolute Gasteiger partial charge is 0.307 e. The molecule has 2 heterocycles. The van der Waals surface area contributed by atoms with E-state index in [0.717, 1.165) is 16.5 Å². The standard InChI is InChI=1S/C26H22N4O2/c31-24(32-19-21-12-5-2-6-13-21)16-8-7-15-23-22-14-9-17-27-25(22)26(30-29-23)28-18-20-10-3-1-4-11-20/h1-6,9-14,17H,8,16,18-19H2,(H,28,30). The summed E-state index contributed by atoms with van der Waals surface area (Å²) in [5, 5.41) is 12.7. The Bertz CT molecular complexity index is 1250. The number of nitrogens with one attached hydrogen (secondary N) is 1. The molecule has 6 nitrogen and oxygen atoms in total. The van der Waals surface area contributed by atoms with E-state index < -0.39 is 0 Å². The van der Waals surface area contributed by atoms with E-state index in [2.05, 4.69) is 32.3 Å². The molecule has 0 spiro atoms. The van der Waals surface area contributed by atoms with Crippen molar-refractivity contribution in [3.8, 4) is 11.8 Å². The zero-order valence-electron chi connectivity index (χ0n) is 17.5. The Morgan fingerprint density at radius 2 is 1.66 bits per heavy atom. The molecule has 0 radical (unpaired) electrons. The second-order valence-electron chi connectivity index (χ2n) is 7.08. The van der Waals surface area contributed by atoms with Crippen molar-refractivity contribution in [1.82, 2.24) is 15.2 Å². The lowest BCUT2D eigenvalue weighted by Crippen LogP contribution is -2.05. The predicted molar refractivity (Wildman–Crippen MR) is 123 cm³/mol. The number of anilines is 1. The molecule has 0 aliphatic carbocycles. The minimum absolute atomic E-state index is 0.222. The van der Waals surface area contributed by atoms with Crippen LogP contribution in [0, 0.1) is 11.8 Å². The minimum Gasteiger partial charge on any atom is -0.461 e. The predicted octanol–water partition coefficient (Wildman–Crippen LogP) is 4.51. The fourth-order valence-electron chi connectivity index (χ4n) is 3.10. The number of hydrogen-bond acceptors (Lipinski definition) is 6. The summed E-state index contributed by atoms with van der Waals surface area (Å²) in [6.07, 6.45) is 2.32. The topological polar surface area (TPSA) is 77.0 Å². The lowest BCUT2D eigenvalue weighted by molar-refractivity contribution is -0.144. The zero-order chi connectivity index (χ0) is 22.0. The summed E-state index contributed by atoms with van der Waals surface area (Å²) >= 11 is 0. The Morgan fingerprint density at radius 1 is 0.906 bits per heavy atom. The van der Waals surface area contributed by atoms with Crippen LogP contribution in [0.15, 0.2) is 79.0 Å². The van der Waals surface area contributed by atoms with E-state index in [0.29, 0.717) is 30.0 Å². The van der Waals surface area contributed by atoms with Crippen molar-refractivity contribution < 1.29 is 9.53 Å². The number of benzene rings is 2. The summed E-state index contributed by atoms with van der Waals surface area (Å²) in [4.78, 5) is 16.4. The first-order valence-corrected chi connectivity index (χ1v) is 10.4. The third kappa shape index (κ3) is 5.67. The van der Waals surface area contributed by atoms with Crippen molar-refractivity contribution in [2.75, 3.05) is 5.32 Å². The average molecular weight is 422 g/mol. The van der Waals surface area contributed by atoms with Gasteiger partial charge in [-0.1, -0.05) is 66.6 Å². The molecule has 0 atom stereocenters. The SMILES string of the molecule is O=C(CCC#Cc1nnc(NCc2ccccc2)c2ncccc12)OCc1ccccc1. The highest BCUT2D eigenvalue weighted by molar-refractivity contribution is 5.91. The molecule has 0 aliphatic rings. The lowest BCUT2D eigenvalue weighted by atomic mass is 10.2. The number of hydrogen-bond donors (Lipinski definition) is 1. The van der Waals surface area contributed by atoms with E-state index in [9.17, 15) is 4.79 Å². The van der Waals surface area contributed by atoms with Crippen molar-refractivity contribution in [3.05, 3.63) is 95.8 Å². The molecule has 158 valence electrons. The van der Waals surface area contributed by atoms with Gasteiger partial charge < -0.3 is 10.1 Å². The second-order valence-corrected chi connectivity index (χ2v) is 7.08. The van der Waals surface area contributed by atoms with E-state index in [1.54, 1.807) is 6.20 Å². The van der Waals surface area contributed by atoms with Crippen LogP contribution in [-0.4, -0.2) is 21.2 Å². The van der Waals surface area contributed by atoms with Gasteiger partial charge in [-0.15, -0.1) is 10.2 Å². The zero-order valence-corrected chi connectivity index (χ0v) is 17.5. The van der Waals surface area contributed by atoms with Crippen LogP contribution in [0.25, 0.3) is 10.9 Å². The summed E-state index contributed by atoms with van der Waals surface area (Å²) < 4.78 is 5.28. The number of carbonyl (C=O) groups is 1. The number of ether oxygens (including phenoxy) is 1. The molecule has 2 aromatic carbocycles. The van der Waals surface area contributed by atoms with Crippen LogP contribution in [0.2, 0.25) is 0 Å². The molecule has 32 heavy (non-hydrogen) atoms. The van der Waals surface area contributed by atoms with Gasteiger partial charge in [0.05, 0.1) is 6.42 Å². The maximum absolute atomic E-state index is 11.9. The van der Waals surface area contributed by atoms with Crippen molar-refractivity contribution in [1.29, 1.82) is 0 Å². The molecule has 0 bridgehead atoms. The lowest BCUT2D eigenvalue weighted by Gasteiger charge is -2.08. The fourth-order valence-corrected chi connectivity index (χ4v) is 3.10. The van der Waals surface area contributed by atoms with Crippen LogP contribution >= 0.6 is 0 Å². The van der Waals surface area contributed by atoms with Crippen LogP contribution in [0.1, 0.15) is 29.7 Å². The summed E-state index contributed by atoms with van der Waals surface area (Å²) in [6, 6.07) is 23.4. The number of pyridine rings is 1. The van der Waals surface area contributed by atoms with E-state index in [-0.39, 0.29) is 19.0 Å². The second kappa shape index (κ2) is 10.7. The number of esters is 1. The third-order valence-electron chi connectivity index (χ3n) is 4.74. The Hall–Kier alpha value is -4.24. The Morgan fingerprint density at radius 3 is 2.44 bits per heavy atom. The molecule has 0 saturated heterocycles. The van der Waals surface area contributed by atoms with Gasteiger partial charge in [-0.2, -0.15) is 0 Å². The molecule has 0 saturated carbocycles.